The average Bonchev–Trinajstić information content (AvgIpc) is 2.72. The van der Waals surface area contributed by atoms with E-state index in [2.05, 4.69) is 0 Å². The molecular formula is C20H22O7. The highest BCUT2D eigenvalue weighted by atomic mass is 16.6. The summed E-state index contributed by atoms with van der Waals surface area (Å²) in [6, 6.07) is 9.90. The normalized spacial score (nSPS) is 10.1. The van der Waals surface area contributed by atoms with Crippen LogP contribution in [-0.4, -0.2) is 53.2 Å². The van der Waals surface area contributed by atoms with Gasteiger partial charge < -0.3 is 23.7 Å². The second-order valence-electron chi connectivity index (χ2n) is 5.37. The Morgan fingerprint density at radius 1 is 0.667 bits per heavy atom. The number of carbonyl (C=O) groups excluding carboxylic acids is 2. The molecule has 0 aliphatic carbocycles. The van der Waals surface area contributed by atoms with Crippen LogP contribution >= 0.6 is 0 Å². The summed E-state index contributed by atoms with van der Waals surface area (Å²) in [5.41, 5.74) is 1.04. The average molecular weight is 374 g/mol. The maximum Gasteiger partial charge on any atom is 0.161 e. The predicted molar refractivity (Wildman–Crippen MR) is 98.6 cm³/mol. The van der Waals surface area contributed by atoms with Crippen molar-refractivity contribution >= 4 is 12.6 Å². The molecule has 0 saturated carbocycles. The Hall–Kier alpha value is -3.06. The van der Waals surface area contributed by atoms with Crippen LogP contribution in [0.4, 0.5) is 0 Å². The molecule has 0 saturated heterocycles. The van der Waals surface area contributed by atoms with Gasteiger partial charge in [-0.3, -0.25) is 9.59 Å². The Morgan fingerprint density at radius 3 is 1.48 bits per heavy atom. The molecule has 0 aliphatic rings. The number of ether oxygens (including phenoxy) is 5. The lowest BCUT2D eigenvalue weighted by atomic mass is 10.2. The van der Waals surface area contributed by atoms with Crippen LogP contribution in [0.5, 0.6) is 23.0 Å². The second-order valence-corrected chi connectivity index (χ2v) is 5.37. The first kappa shape index (κ1) is 20.3. The van der Waals surface area contributed by atoms with Gasteiger partial charge in [0.25, 0.3) is 0 Å². The Morgan fingerprint density at radius 2 is 1.11 bits per heavy atom. The summed E-state index contributed by atoms with van der Waals surface area (Å²) in [5, 5.41) is 0. The quantitative estimate of drug-likeness (QED) is 0.417. The zero-order valence-corrected chi connectivity index (χ0v) is 15.3. The van der Waals surface area contributed by atoms with Crippen LogP contribution in [0.2, 0.25) is 0 Å². The van der Waals surface area contributed by atoms with Crippen LogP contribution in [0, 0.1) is 0 Å². The maximum absolute atomic E-state index is 10.8. The van der Waals surface area contributed by atoms with Gasteiger partial charge in [-0.1, -0.05) is 0 Å². The molecule has 2 rings (SSSR count). The van der Waals surface area contributed by atoms with Crippen LogP contribution in [0.1, 0.15) is 20.7 Å². The predicted octanol–water partition coefficient (Wildman–Crippen LogP) is 2.80. The monoisotopic (exact) mass is 374 g/mol. The highest BCUT2D eigenvalue weighted by Crippen LogP contribution is 2.28. The van der Waals surface area contributed by atoms with E-state index in [-0.39, 0.29) is 0 Å². The molecule has 0 aliphatic heterocycles. The first-order valence-corrected chi connectivity index (χ1v) is 8.31. The van der Waals surface area contributed by atoms with Crippen molar-refractivity contribution in [3.05, 3.63) is 47.5 Å². The van der Waals surface area contributed by atoms with Gasteiger partial charge in [0.2, 0.25) is 0 Å². The zero-order chi connectivity index (χ0) is 19.5. The molecule has 0 aromatic heterocycles. The number of rotatable bonds is 12. The molecule has 0 bridgehead atoms. The first-order chi connectivity index (χ1) is 13.2. The molecular weight excluding hydrogens is 352 g/mol. The fourth-order valence-electron chi connectivity index (χ4n) is 2.28. The van der Waals surface area contributed by atoms with Crippen molar-refractivity contribution in [2.45, 2.75) is 0 Å². The third kappa shape index (κ3) is 6.00. The van der Waals surface area contributed by atoms with Crippen molar-refractivity contribution < 1.29 is 33.3 Å². The molecule has 0 spiro atoms. The van der Waals surface area contributed by atoms with Crippen molar-refractivity contribution in [3.63, 3.8) is 0 Å². The van der Waals surface area contributed by atoms with Crippen molar-refractivity contribution in [3.8, 4) is 23.0 Å². The van der Waals surface area contributed by atoms with E-state index in [1.54, 1.807) is 36.4 Å². The molecule has 0 radical (unpaired) electrons. The van der Waals surface area contributed by atoms with Crippen LogP contribution in [0.15, 0.2) is 36.4 Å². The van der Waals surface area contributed by atoms with Crippen molar-refractivity contribution in [2.24, 2.45) is 0 Å². The Bertz CT molecular complexity index is 694. The lowest BCUT2D eigenvalue weighted by Gasteiger charge is -2.12. The Balaban J connectivity index is 1.69. The lowest BCUT2D eigenvalue weighted by Crippen LogP contribution is -2.12. The molecule has 2 aromatic rings. The standard InChI is InChI=1S/C20H22O7/c1-23-19-11-15(13-21)3-5-17(19)26-9-7-25-8-10-27-18-6-4-16(14-22)12-20(18)24-2/h3-6,11-14H,7-10H2,1-2H3. The molecule has 2 aromatic carbocycles. The van der Waals surface area contributed by atoms with Gasteiger partial charge in [-0.15, -0.1) is 0 Å². The van der Waals surface area contributed by atoms with Crippen LogP contribution < -0.4 is 18.9 Å². The molecule has 0 amide bonds. The summed E-state index contributed by atoms with van der Waals surface area (Å²) in [4.78, 5) is 21.5. The van der Waals surface area contributed by atoms with E-state index >= 15 is 0 Å². The molecule has 0 N–H and O–H groups in total. The summed E-state index contributed by atoms with van der Waals surface area (Å²) < 4.78 is 27.0. The minimum Gasteiger partial charge on any atom is -0.493 e. The van der Waals surface area contributed by atoms with Gasteiger partial charge in [0.05, 0.1) is 27.4 Å². The fraction of sp³-hybridized carbons (Fsp3) is 0.300. The largest absolute Gasteiger partial charge is 0.493 e. The van der Waals surface area contributed by atoms with Gasteiger partial charge in [-0.05, 0) is 36.4 Å². The molecule has 27 heavy (non-hydrogen) atoms. The SMILES string of the molecule is COc1cc(C=O)ccc1OCCOCCOc1ccc(C=O)cc1OC. The number of benzene rings is 2. The van der Waals surface area contributed by atoms with Gasteiger partial charge in [-0.2, -0.15) is 0 Å². The van der Waals surface area contributed by atoms with Gasteiger partial charge >= 0.3 is 0 Å². The topological polar surface area (TPSA) is 80.3 Å². The number of carbonyl (C=O) groups is 2. The molecule has 0 heterocycles. The molecule has 7 heteroatoms. The smallest absolute Gasteiger partial charge is 0.161 e. The van der Waals surface area contributed by atoms with Gasteiger partial charge in [0, 0.05) is 11.1 Å². The summed E-state index contributed by atoms with van der Waals surface area (Å²) in [6.45, 7) is 1.38. The van der Waals surface area contributed by atoms with E-state index in [0.29, 0.717) is 60.6 Å². The number of hydrogen-bond donors (Lipinski definition) is 0. The van der Waals surface area contributed by atoms with Crippen molar-refractivity contribution in [1.82, 2.24) is 0 Å². The summed E-state index contributed by atoms with van der Waals surface area (Å²) in [6.07, 6.45) is 1.49. The molecule has 0 unspecified atom stereocenters. The molecule has 0 fully saturated rings. The minimum absolute atomic E-state index is 0.328. The number of methoxy groups -OCH3 is 2. The van der Waals surface area contributed by atoms with Crippen LogP contribution in [0.3, 0.4) is 0 Å². The third-order valence-corrected chi connectivity index (χ3v) is 3.62. The van der Waals surface area contributed by atoms with Gasteiger partial charge in [0.15, 0.2) is 23.0 Å². The number of hydrogen-bond acceptors (Lipinski definition) is 7. The van der Waals surface area contributed by atoms with E-state index in [0.717, 1.165) is 12.6 Å². The molecule has 144 valence electrons. The Kier molecular flexibility index (Phi) is 8.12. The minimum atomic E-state index is 0.328. The van der Waals surface area contributed by atoms with Crippen molar-refractivity contribution in [2.75, 3.05) is 40.6 Å². The Labute approximate surface area is 157 Å². The molecule has 0 atom stereocenters. The summed E-state index contributed by atoms with van der Waals surface area (Å²) >= 11 is 0. The molecule has 7 nitrogen and oxygen atoms in total. The van der Waals surface area contributed by atoms with E-state index in [9.17, 15) is 9.59 Å². The van der Waals surface area contributed by atoms with E-state index in [1.807, 2.05) is 0 Å². The van der Waals surface area contributed by atoms with E-state index in [1.165, 1.54) is 14.2 Å². The van der Waals surface area contributed by atoms with E-state index in [4.69, 9.17) is 23.7 Å². The van der Waals surface area contributed by atoms with Gasteiger partial charge in [0.1, 0.15) is 25.8 Å². The zero-order valence-electron chi connectivity index (χ0n) is 15.3. The lowest BCUT2D eigenvalue weighted by molar-refractivity contribution is 0.0750. The van der Waals surface area contributed by atoms with Crippen LogP contribution in [0.25, 0.3) is 0 Å². The van der Waals surface area contributed by atoms with Gasteiger partial charge in [-0.25, -0.2) is 0 Å². The van der Waals surface area contributed by atoms with Crippen LogP contribution in [-0.2, 0) is 4.74 Å². The maximum atomic E-state index is 10.8. The highest BCUT2D eigenvalue weighted by molar-refractivity contribution is 5.76. The second kappa shape index (κ2) is 10.8. The summed E-state index contributed by atoms with van der Waals surface area (Å²) in [5.74, 6) is 2.08. The summed E-state index contributed by atoms with van der Waals surface area (Å²) in [7, 11) is 3.03. The van der Waals surface area contributed by atoms with Crippen molar-refractivity contribution in [1.29, 1.82) is 0 Å². The third-order valence-electron chi connectivity index (χ3n) is 3.62. The first-order valence-electron chi connectivity index (χ1n) is 8.31. The fourth-order valence-corrected chi connectivity index (χ4v) is 2.28. The number of aldehydes is 2. The van der Waals surface area contributed by atoms with E-state index < -0.39 is 0 Å². The highest BCUT2D eigenvalue weighted by Gasteiger charge is 2.07.